The highest BCUT2D eigenvalue weighted by atomic mass is 16.5. The van der Waals surface area contributed by atoms with Crippen molar-refractivity contribution in [3.8, 4) is 0 Å². The first-order valence-corrected chi connectivity index (χ1v) is 7.90. The van der Waals surface area contributed by atoms with Gasteiger partial charge in [0.2, 0.25) is 11.8 Å². The normalized spacial score (nSPS) is 23.6. The molecule has 21 heavy (non-hydrogen) atoms. The molecule has 2 aliphatic rings. The number of amides is 2. The predicted octanol–water partition coefficient (Wildman–Crippen LogP) is 0.102. The topological polar surface area (TPSA) is 70.1 Å². The summed E-state index contributed by atoms with van der Waals surface area (Å²) in [5.41, 5.74) is 0. The van der Waals surface area contributed by atoms with Crippen LogP contribution >= 0.6 is 0 Å². The minimum Gasteiger partial charge on any atom is -0.396 e. The Kier molecular flexibility index (Phi) is 5.99. The molecule has 0 saturated carbocycles. The van der Waals surface area contributed by atoms with Crippen molar-refractivity contribution in [2.45, 2.75) is 26.2 Å². The third kappa shape index (κ3) is 4.17. The van der Waals surface area contributed by atoms with E-state index in [1.165, 1.54) is 0 Å². The standard InChI is InChI=1S/C15H26N2O4/c1-2-21-11-14(19)16-7-4-13(5-8-16)15(20)17-6-3-12(9-17)10-18/h12-13,18H,2-11H2,1H3. The smallest absolute Gasteiger partial charge is 0.248 e. The van der Waals surface area contributed by atoms with E-state index < -0.39 is 0 Å². The molecule has 0 aromatic rings. The van der Waals surface area contributed by atoms with Crippen LogP contribution in [0.5, 0.6) is 0 Å². The molecule has 2 heterocycles. The maximum atomic E-state index is 12.4. The molecule has 0 aliphatic carbocycles. The van der Waals surface area contributed by atoms with Crippen molar-refractivity contribution in [3.63, 3.8) is 0 Å². The Morgan fingerprint density at radius 3 is 2.38 bits per heavy atom. The Bertz CT molecular complexity index is 367. The van der Waals surface area contributed by atoms with E-state index in [9.17, 15) is 9.59 Å². The highest BCUT2D eigenvalue weighted by Crippen LogP contribution is 2.24. The fourth-order valence-electron chi connectivity index (χ4n) is 3.10. The molecule has 0 radical (unpaired) electrons. The number of aliphatic hydroxyl groups excluding tert-OH is 1. The summed E-state index contributed by atoms with van der Waals surface area (Å²) >= 11 is 0. The quantitative estimate of drug-likeness (QED) is 0.782. The summed E-state index contributed by atoms with van der Waals surface area (Å²) in [6, 6.07) is 0. The minimum atomic E-state index is 0.0178. The number of carbonyl (C=O) groups is 2. The van der Waals surface area contributed by atoms with Gasteiger partial charge in [0.1, 0.15) is 6.61 Å². The van der Waals surface area contributed by atoms with Crippen LogP contribution in [0, 0.1) is 11.8 Å². The molecule has 1 unspecified atom stereocenters. The fourth-order valence-corrected chi connectivity index (χ4v) is 3.10. The molecule has 2 fully saturated rings. The van der Waals surface area contributed by atoms with Crippen LogP contribution in [-0.4, -0.2) is 72.7 Å². The number of ether oxygens (including phenoxy) is 1. The van der Waals surface area contributed by atoms with Crippen molar-refractivity contribution in [1.29, 1.82) is 0 Å². The summed E-state index contributed by atoms with van der Waals surface area (Å²) < 4.78 is 5.14. The molecule has 1 N–H and O–H groups in total. The molecule has 120 valence electrons. The van der Waals surface area contributed by atoms with E-state index in [2.05, 4.69) is 0 Å². The lowest BCUT2D eigenvalue weighted by Crippen LogP contribution is -2.45. The average molecular weight is 298 g/mol. The van der Waals surface area contributed by atoms with Crippen molar-refractivity contribution in [2.24, 2.45) is 11.8 Å². The molecule has 0 bridgehead atoms. The Balaban J connectivity index is 1.76. The summed E-state index contributed by atoms with van der Waals surface area (Å²) in [5.74, 6) is 0.479. The molecule has 2 amide bonds. The lowest BCUT2D eigenvalue weighted by Gasteiger charge is -2.33. The van der Waals surface area contributed by atoms with Crippen molar-refractivity contribution in [3.05, 3.63) is 0 Å². The van der Waals surface area contributed by atoms with Crippen LogP contribution in [0.15, 0.2) is 0 Å². The van der Waals surface area contributed by atoms with E-state index in [4.69, 9.17) is 9.84 Å². The van der Waals surface area contributed by atoms with Gasteiger partial charge < -0.3 is 19.6 Å². The van der Waals surface area contributed by atoms with Gasteiger partial charge in [-0.2, -0.15) is 0 Å². The van der Waals surface area contributed by atoms with Gasteiger partial charge in [-0.15, -0.1) is 0 Å². The number of rotatable bonds is 5. The molecule has 0 spiro atoms. The van der Waals surface area contributed by atoms with Gasteiger partial charge in [-0.05, 0) is 26.2 Å². The number of piperidine rings is 1. The zero-order valence-corrected chi connectivity index (χ0v) is 12.8. The van der Waals surface area contributed by atoms with Gasteiger partial charge in [0.25, 0.3) is 0 Å². The summed E-state index contributed by atoms with van der Waals surface area (Å²) in [7, 11) is 0. The van der Waals surface area contributed by atoms with E-state index in [0.29, 0.717) is 26.2 Å². The highest BCUT2D eigenvalue weighted by Gasteiger charge is 2.33. The van der Waals surface area contributed by atoms with Gasteiger partial charge in [-0.1, -0.05) is 0 Å². The van der Waals surface area contributed by atoms with Crippen LogP contribution in [0.1, 0.15) is 26.2 Å². The Hall–Kier alpha value is -1.14. The van der Waals surface area contributed by atoms with Gasteiger partial charge in [0.15, 0.2) is 0 Å². The van der Waals surface area contributed by atoms with E-state index >= 15 is 0 Å². The first-order chi connectivity index (χ1) is 10.2. The number of aliphatic hydroxyl groups is 1. The van der Waals surface area contributed by atoms with Crippen LogP contribution in [-0.2, 0) is 14.3 Å². The van der Waals surface area contributed by atoms with Gasteiger partial charge in [0, 0.05) is 51.2 Å². The van der Waals surface area contributed by atoms with E-state index in [0.717, 1.165) is 25.8 Å². The maximum Gasteiger partial charge on any atom is 0.248 e. The van der Waals surface area contributed by atoms with Crippen LogP contribution in [0.3, 0.4) is 0 Å². The zero-order chi connectivity index (χ0) is 15.2. The maximum absolute atomic E-state index is 12.4. The van der Waals surface area contributed by atoms with E-state index in [1.54, 1.807) is 4.90 Å². The second-order valence-electron chi connectivity index (χ2n) is 5.91. The summed E-state index contributed by atoms with van der Waals surface area (Å²) in [6.45, 7) is 5.43. The second kappa shape index (κ2) is 7.75. The highest BCUT2D eigenvalue weighted by molar-refractivity contribution is 5.80. The SMILES string of the molecule is CCOCC(=O)N1CCC(C(=O)N2CCC(CO)C2)CC1. The molecule has 2 aliphatic heterocycles. The number of nitrogens with zero attached hydrogens (tertiary/aromatic N) is 2. The van der Waals surface area contributed by atoms with Crippen molar-refractivity contribution >= 4 is 11.8 Å². The van der Waals surface area contributed by atoms with E-state index in [-0.39, 0.29) is 36.9 Å². The molecule has 1 atom stereocenters. The van der Waals surface area contributed by atoms with Crippen molar-refractivity contribution in [2.75, 3.05) is 46.0 Å². The molecule has 2 rings (SSSR count). The number of hydrogen-bond donors (Lipinski definition) is 1. The Morgan fingerprint density at radius 1 is 1.14 bits per heavy atom. The number of hydrogen-bond acceptors (Lipinski definition) is 4. The summed E-state index contributed by atoms with van der Waals surface area (Å²) in [4.78, 5) is 27.9. The predicted molar refractivity (Wildman–Crippen MR) is 77.6 cm³/mol. The monoisotopic (exact) mass is 298 g/mol. The first kappa shape index (κ1) is 16.2. The van der Waals surface area contributed by atoms with Crippen LogP contribution < -0.4 is 0 Å². The Morgan fingerprint density at radius 2 is 1.81 bits per heavy atom. The second-order valence-corrected chi connectivity index (χ2v) is 5.91. The van der Waals surface area contributed by atoms with Crippen molar-refractivity contribution in [1.82, 2.24) is 9.80 Å². The molecule has 0 aromatic carbocycles. The lowest BCUT2D eigenvalue weighted by atomic mass is 9.95. The minimum absolute atomic E-state index is 0.0178. The number of carbonyl (C=O) groups excluding carboxylic acids is 2. The van der Waals surface area contributed by atoms with Crippen molar-refractivity contribution < 1.29 is 19.4 Å². The van der Waals surface area contributed by atoms with Crippen LogP contribution in [0.2, 0.25) is 0 Å². The average Bonchev–Trinajstić information content (AvgIpc) is 3.01. The first-order valence-electron chi connectivity index (χ1n) is 7.90. The largest absolute Gasteiger partial charge is 0.396 e. The third-order valence-electron chi connectivity index (χ3n) is 4.48. The van der Waals surface area contributed by atoms with Gasteiger partial charge in [0.05, 0.1) is 0 Å². The van der Waals surface area contributed by atoms with Crippen LogP contribution in [0.25, 0.3) is 0 Å². The lowest BCUT2D eigenvalue weighted by molar-refractivity contribution is -0.142. The summed E-state index contributed by atoms with van der Waals surface area (Å²) in [6.07, 6.45) is 2.36. The van der Waals surface area contributed by atoms with E-state index in [1.807, 2.05) is 11.8 Å². The Labute approximate surface area is 126 Å². The molecular weight excluding hydrogens is 272 g/mol. The molecule has 6 heteroatoms. The van der Waals surface area contributed by atoms with Gasteiger partial charge >= 0.3 is 0 Å². The number of likely N-dealkylation sites (tertiary alicyclic amines) is 2. The van der Waals surface area contributed by atoms with Gasteiger partial charge in [-0.25, -0.2) is 0 Å². The van der Waals surface area contributed by atoms with Crippen LogP contribution in [0.4, 0.5) is 0 Å². The fraction of sp³-hybridized carbons (Fsp3) is 0.867. The molecule has 2 saturated heterocycles. The molecule has 6 nitrogen and oxygen atoms in total. The summed E-state index contributed by atoms with van der Waals surface area (Å²) in [5, 5.41) is 9.15. The molecule has 0 aromatic heterocycles. The zero-order valence-electron chi connectivity index (χ0n) is 12.8. The van der Waals surface area contributed by atoms with Gasteiger partial charge in [-0.3, -0.25) is 9.59 Å². The third-order valence-corrected chi connectivity index (χ3v) is 4.48. The molecular formula is C15H26N2O4.